The molecule has 1 amide bonds. The van der Waals surface area contributed by atoms with E-state index >= 15 is 0 Å². The number of carbonyl (C=O) groups is 2. The molecular weight excluding hydrogens is 357 g/mol. The van der Waals surface area contributed by atoms with E-state index in [1.807, 2.05) is 0 Å². The molecule has 26 heavy (non-hydrogen) atoms. The van der Waals surface area contributed by atoms with Gasteiger partial charge in [-0.1, -0.05) is 6.07 Å². The van der Waals surface area contributed by atoms with Crippen molar-refractivity contribution in [1.82, 2.24) is 4.98 Å². The van der Waals surface area contributed by atoms with E-state index in [4.69, 9.17) is 9.47 Å². The van der Waals surface area contributed by atoms with E-state index in [-0.39, 0.29) is 19.0 Å². The van der Waals surface area contributed by atoms with Gasteiger partial charge < -0.3 is 14.6 Å². The van der Waals surface area contributed by atoms with Gasteiger partial charge in [0, 0.05) is 0 Å². The third kappa shape index (κ3) is 4.70. The van der Waals surface area contributed by atoms with Crippen LogP contribution in [0.4, 0.5) is 19.0 Å². The molecule has 0 unspecified atom stereocenters. The number of hydrogen-bond acceptors (Lipinski definition) is 6. The number of aliphatic hydroxyl groups excluding tert-OH is 1. The minimum absolute atomic E-state index is 0.0648. The predicted molar refractivity (Wildman–Crippen MR) is 83.2 cm³/mol. The first-order chi connectivity index (χ1) is 11.9. The van der Waals surface area contributed by atoms with Gasteiger partial charge in [-0.3, -0.25) is 9.69 Å². The first kappa shape index (κ1) is 20.1. The number of rotatable bonds is 3. The second-order valence-electron chi connectivity index (χ2n) is 6.64. The Balaban J connectivity index is 2.21. The average Bonchev–Trinajstić information content (AvgIpc) is 2.52. The van der Waals surface area contributed by atoms with Crippen molar-refractivity contribution in [2.24, 2.45) is 0 Å². The lowest BCUT2D eigenvalue weighted by atomic mass is 10.1. The largest absolute Gasteiger partial charge is 0.458 e. The minimum Gasteiger partial charge on any atom is -0.458 e. The Morgan fingerprint density at radius 2 is 2.04 bits per heavy atom. The lowest BCUT2D eigenvalue weighted by molar-refractivity contribution is -0.177. The number of hydrogen-bond donors (Lipinski definition) is 1. The molecular formula is C16H19F3N2O5. The summed E-state index contributed by atoms with van der Waals surface area (Å²) in [6.07, 6.45) is -8.16. The van der Waals surface area contributed by atoms with Crippen molar-refractivity contribution < 1.29 is 37.3 Å². The van der Waals surface area contributed by atoms with Crippen LogP contribution in [-0.4, -0.2) is 52.9 Å². The van der Waals surface area contributed by atoms with Gasteiger partial charge in [-0.2, -0.15) is 13.2 Å². The molecule has 0 aliphatic carbocycles. The number of morpholine rings is 1. The highest BCUT2D eigenvalue weighted by atomic mass is 19.4. The Morgan fingerprint density at radius 3 is 2.62 bits per heavy atom. The highest BCUT2D eigenvalue weighted by Gasteiger charge is 2.42. The molecule has 7 nitrogen and oxygen atoms in total. The van der Waals surface area contributed by atoms with E-state index in [2.05, 4.69) is 4.98 Å². The van der Waals surface area contributed by atoms with E-state index in [1.54, 1.807) is 20.8 Å². The van der Waals surface area contributed by atoms with Gasteiger partial charge in [0.25, 0.3) is 5.91 Å². The smallest absolute Gasteiger partial charge is 0.433 e. The summed E-state index contributed by atoms with van der Waals surface area (Å²) in [5.41, 5.74) is -2.04. The number of amides is 1. The van der Waals surface area contributed by atoms with Gasteiger partial charge in [0.05, 0.1) is 13.2 Å². The lowest BCUT2D eigenvalue weighted by Gasteiger charge is -2.34. The van der Waals surface area contributed by atoms with Crippen LogP contribution in [0.15, 0.2) is 18.2 Å². The molecule has 0 radical (unpaired) electrons. The molecule has 10 heteroatoms. The fourth-order valence-corrected chi connectivity index (χ4v) is 2.28. The number of nitrogens with zero attached hydrogens (tertiary/aromatic N) is 2. The highest BCUT2D eigenvalue weighted by Crippen LogP contribution is 2.29. The summed E-state index contributed by atoms with van der Waals surface area (Å²) in [5, 5.41) is 10.1. The zero-order valence-corrected chi connectivity index (χ0v) is 14.4. The fraction of sp³-hybridized carbons (Fsp3) is 0.562. The number of ether oxygens (including phenoxy) is 2. The van der Waals surface area contributed by atoms with E-state index in [1.165, 1.54) is 6.07 Å². The number of esters is 1. The van der Waals surface area contributed by atoms with E-state index < -0.39 is 41.6 Å². The molecule has 1 aromatic rings. The van der Waals surface area contributed by atoms with Gasteiger partial charge in [-0.05, 0) is 32.9 Å². The van der Waals surface area contributed by atoms with Crippen molar-refractivity contribution in [3.63, 3.8) is 0 Å². The standard InChI is InChI=1S/C16H19F3N2O5/c1-15(2,3)26-14(24)11(22)12-13(23)21(7-8-25-12)10-6-4-5-9(20-10)16(17,18)19/h4-6,11-12,22H,7-8H2,1-3H3/t11-,12-/m1/s1. The molecule has 2 rings (SSSR count). The number of anilines is 1. The van der Waals surface area contributed by atoms with Gasteiger partial charge in [0.1, 0.15) is 17.1 Å². The molecule has 1 aliphatic rings. The van der Waals surface area contributed by atoms with Crippen LogP contribution < -0.4 is 4.90 Å². The molecule has 1 fully saturated rings. The van der Waals surface area contributed by atoms with Crippen LogP contribution in [0.1, 0.15) is 26.5 Å². The summed E-state index contributed by atoms with van der Waals surface area (Å²) in [7, 11) is 0. The molecule has 1 aromatic heterocycles. The molecule has 2 heterocycles. The first-order valence-electron chi connectivity index (χ1n) is 7.78. The molecule has 1 N–H and O–H groups in total. The maximum atomic E-state index is 12.8. The quantitative estimate of drug-likeness (QED) is 0.805. The molecule has 1 saturated heterocycles. The Morgan fingerprint density at radius 1 is 1.38 bits per heavy atom. The molecule has 0 spiro atoms. The van der Waals surface area contributed by atoms with Crippen molar-refractivity contribution >= 4 is 17.7 Å². The van der Waals surface area contributed by atoms with Crippen molar-refractivity contribution in [2.75, 3.05) is 18.1 Å². The van der Waals surface area contributed by atoms with Crippen LogP contribution in [0.3, 0.4) is 0 Å². The second kappa shape index (κ2) is 7.20. The molecule has 2 atom stereocenters. The summed E-state index contributed by atoms with van der Waals surface area (Å²) in [5.74, 6) is -2.18. The fourth-order valence-electron chi connectivity index (χ4n) is 2.28. The van der Waals surface area contributed by atoms with Crippen LogP contribution in [0.2, 0.25) is 0 Å². The number of alkyl halides is 3. The van der Waals surface area contributed by atoms with E-state index in [0.29, 0.717) is 0 Å². The van der Waals surface area contributed by atoms with Crippen LogP contribution in [0.5, 0.6) is 0 Å². The Kier molecular flexibility index (Phi) is 5.57. The molecule has 0 saturated carbocycles. The van der Waals surface area contributed by atoms with Crippen molar-refractivity contribution in [3.8, 4) is 0 Å². The number of aliphatic hydroxyl groups is 1. The Hall–Kier alpha value is -2.20. The molecule has 144 valence electrons. The summed E-state index contributed by atoms with van der Waals surface area (Å²) in [6.45, 7) is 4.60. The zero-order chi connectivity index (χ0) is 19.7. The van der Waals surface area contributed by atoms with E-state index in [0.717, 1.165) is 17.0 Å². The monoisotopic (exact) mass is 376 g/mol. The van der Waals surface area contributed by atoms with Gasteiger partial charge in [-0.15, -0.1) is 0 Å². The number of aromatic nitrogens is 1. The second-order valence-corrected chi connectivity index (χ2v) is 6.64. The van der Waals surface area contributed by atoms with Crippen LogP contribution >= 0.6 is 0 Å². The summed E-state index contributed by atoms with van der Waals surface area (Å²) in [4.78, 5) is 28.8. The normalized spacial score (nSPS) is 20.0. The summed E-state index contributed by atoms with van der Waals surface area (Å²) < 4.78 is 48.6. The van der Waals surface area contributed by atoms with Gasteiger partial charge in [0.15, 0.2) is 12.2 Å². The molecule has 1 aliphatic heterocycles. The average molecular weight is 376 g/mol. The minimum atomic E-state index is -4.67. The maximum absolute atomic E-state index is 12.8. The van der Waals surface area contributed by atoms with Crippen LogP contribution in [-0.2, 0) is 25.2 Å². The van der Waals surface area contributed by atoms with Gasteiger partial charge in [-0.25, -0.2) is 9.78 Å². The topological polar surface area (TPSA) is 89.0 Å². The third-order valence-corrected chi connectivity index (χ3v) is 3.36. The van der Waals surface area contributed by atoms with Crippen molar-refractivity contribution in [3.05, 3.63) is 23.9 Å². The lowest BCUT2D eigenvalue weighted by Crippen LogP contribution is -2.55. The predicted octanol–water partition coefficient (Wildman–Crippen LogP) is 1.53. The summed E-state index contributed by atoms with van der Waals surface area (Å²) >= 11 is 0. The van der Waals surface area contributed by atoms with Crippen LogP contribution in [0, 0.1) is 0 Å². The van der Waals surface area contributed by atoms with Gasteiger partial charge >= 0.3 is 12.1 Å². The summed E-state index contributed by atoms with van der Waals surface area (Å²) in [6, 6.07) is 3.13. The van der Waals surface area contributed by atoms with Crippen molar-refractivity contribution in [2.45, 2.75) is 44.8 Å². The number of halogens is 3. The number of carbonyl (C=O) groups excluding carboxylic acids is 2. The Labute approximate surface area is 147 Å². The zero-order valence-electron chi connectivity index (χ0n) is 14.4. The molecule has 0 aromatic carbocycles. The first-order valence-corrected chi connectivity index (χ1v) is 7.78. The highest BCUT2D eigenvalue weighted by molar-refractivity contribution is 5.99. The SMILES string of the molecule is CC(C)(C)OC(=O)[C@H](O)[C@H]1OCCN(c2cccc(C(F)(F)F)n2)C1=O. The van der Waals surface area contributed by atoms with Gasteiger partial charge in [0.2, 0.25) is 0 Å². The Bertz CT molecular complexity index is 687. The van der Waals surface area contributed by atoms with Crippen LogP contribution in [0.25, 0.3) is 0 Å². The number of pyridine rings is 1. The van der Waals surface area contributed by atoms with Crippen molar-refractivity contribution in [1.29, 1.82) is 0 Å². The molecule has 0 bridgehead atoms. The third-order valence-electron chi connectivity index (χ3n) is 3.36. The van der Waals surface area contributed by atoms with E-state index in [9.17, 15) is 27.9 Å². The maximum Gasteiger partial charge on any atom is 0.433 e.